The maximum Gasteiger partial charge on any atom is 0.0993 e. The Morgan fingerprint density at radius 2 is 2.09 bits per heavy atom. The minimum atomic E-state index is -0.158. The Morgan fingerprint density at radius 1 is 1.45 bits per heavy atom. The number of rotatable bonds is 5. The van der Waals surface area contributed by atoms with Crippen LogP contribution in [0.15, 0.2) is 4.99 Å². The van der Waals surface area contributed by atoms with Crippen molar-refractivity contribution in [2.75, 3.05) is 13.7 Å². The van der Waals surface area contributed by atoms with Gasteiger partial charge in [0.05, 0.1) is 5.60 Å². The molecule has 0 bridgehead atoms. The minimum absolute atomic E-state index is 0.158. The van der Waals surface area contributed by atoms with Gasteiger partial charge in [0.1, 0.15) is 0 Å². The van der Waals surface area contributed by atoms with Gasteiger partial charge in [-0.25, -0.2) is 0 Å². The van der Waals surface area contributed by atoms with Gasteiger partial charge in [-0.2, -0.15) is 0 Å². The lowest BCUT2D eigenvalue weighted by Gasteiger charge is -2.20. The molecule has 0 amide bonds. The van der Waals surface area contributed by atoms with E-state index >= 15 is 0 Å². The maximum absolute atomic E-state index is 5.28. The fourth-order valence-electron chi connectivity index (χ4n) is 0.675. The van der Waals surface area contributed by atoms with E-state index in [1.165, 1.54) is 0 Å². The van der Waals surface area contributed by atoms with Crippen LogP contribution in [0.25, 0.3) is 0 Å². The van der Waals surface area contributed by atoms with Crippen LogP contribution in [0.5, 0.6) is 0 Å². The van der Waals surface area contributed by atoms with E-state index in [4.69, 9.17) is 4.74 Å². The van der Waals surface area contributed by atoms with E-state index in [0.717, 1.165) is 19.4 Å². The number of aliphatic imine (C=N–C) groups is 1. The molecule has 1 atom stereocenters. The molecule has 0 heterocycles. The molecule has 1 unspecified atom stereocenters. The molecule has 0 fully saturated rings. The monoisotopic (exact) mass is 157 g/mol. The minimum Gasteiger partial charge on any atom is -0.373 e. The van der Waals surface area contributed by atoms with Crippen molar-refractivity contribution in [3.8, 4) is 0 Å². The van der Waals surface area contributed by atoms with Crippen LogP contribution in [-0.2, 0) is 4.74 Å². The smallest absolute Gasteiger partial charge is 0.0993 e. The normalized spacial score (nSPS) is 17.1. The first-order chi connectivity index (χ1) is 5.18. The molecule has 0 radical (unpaired) electrons. The van der Waals surface area contributed by atoms with Crippen LogP contribution in [-0.4, -0.2) is 25.5 Å². The molecule has 0 aromatic rings. The van der Waals surface area contributed by atoms with Gasteiger partial charge in [-0.1, -0.05) is 13.8 Å². The Labute approximate surface area is 69.7 Å². The highest BCUT2D eigenvalue weighted by Gasteiger charge is 2.16. The van der Waals surface area contributed by atoms with Crippen molar-refractivity contribution in [1.29, 1.82) is 0 Å². The molecule has 0 saturated heterocycles. The number of methoxy groups -OCH3 is 1. The summed E-state index contributed by atoms with van der Waals surface area (Å²) in [7, 11) is 1.72. The molecule has 0 aromatic heterocycles. The van der Waals surface area contributed by atoms with Gasteiger partial charge in [0, 0.05) is 19.9 Å². The van der Waals surface area contributed by atoms with Crippen molar-refractivity contribution in [2.24, 2.45) is 4.99 Å². The highest BCUT2D eigenvalue weighted by atomic mass is 16.5. The molecule has 0 spiro atoms. The summed E-state index contributed by atoms with van der Waals surface area (Å²) in [4.78, 5) is 4.25. The van der Waals surface area contributed by atoms with Gasteiger partial charge >= 0.3 is 0 Å². The SMILES string of the molecule is CCCN=CC(C)(CC)OC. The number of ether oxygens (including phenoxy) is 1. The second-order valence-electron chi connectivity index (χ2n) is 2.91. The van der Waals surface area contributed by atoms with Gasteiger partial charge in [0.25, 0.3) is 0 Å². The lowest BCUT2D eigenvalue weighted by atomic mass is 10.1. The quantitative estimate of drug-likeness (QED) is 0.561. The Balaban J connectivity index is 3.85. The topological polar surface area (TPSA) is 21.6 Å². The number of hydrogen-bond acceptors (Lipinski definition) is 2. The predicted molar refractivity (Wildman–Crippen MR) is 49.4 cm³/mol. The van der Waals surface area contributed by atoms with Crippen molar-refractivity contribution < 1.29 is 4.74 Å². The third kappa shape index (κ3) is 4.14. The fourth-order valence-corrected chi connectivity index (χ4v) is 0.675. The van der Waals surface area contributed by atoms with E-state index in [2.05, 4.69) is 18.8 Å². The molecule has 0 rings (SSSR count). The maximum atomic E-state index is 5.28. The molecule has 66 valence electrons. The van der Waals surface area contributed by atoms with E-state index < -0.39 is 0 Å². The molecule has 2 heteroatoms. The molecular formula is C9H19NO. The first kappa shape index (κ1) is 10.6. The second-order valence-corrected chi connectivity index (χ2v) is 2.91. The standard InChI is InChI=1S/C9H19NO/c1-5-7-10-8-9(3,6-2)11-4/h8H,5-7H2,1-4H3. The summed E-state index contributed by atoms with van der Waals surface area (Å²) in [5, 5.41) is 0. The van der Waals surface area contributed by atoms with Crippen molar-refractivity contribution >= 4 is 6.21 Å². The Hall–Kier alpha value is -0.370. The van der Waals surface area contributed by atoms with Crippen LogP contribution in [0.2, 0.25) is 0 Å². The van der Waals surface area contributed by atoms with E-state index in [1.54, 1.807) is 7.11 Å². The van der Waals surface area contributed by atoms with Crippen LogP contribution in [0, 0.1) is 0 Å². The zero-order valence-corrected chi connectivity index (χ0v) is 8.05. The Morgan fingerprint density at radius 3 is 2.45 bits per heavy atom. The van der Waals surface area contributed by atoms with Crippen LogP contribution < -0.4 is 0 Å². The summed E-state index contributed by atoms with van der Waals surface area (Å²) in [6, 6.07) is 0. The van der Waals surface area contributed by atoms with Crippen molar-refractivity contribution in [3.63, 3.8) is 0 Å². The molecule has 0 aromatic carbocycles. The van der Waals surface area contributed by atoms with E-state index in [-0.39, 0.29) is 5.60 Å². The molecule has 11 heavy (non-hydrogen) atoms. The summed E-state index contributed by atoms with van der Waals surface area (Å²) >= 11 is 0. The van der Waals surface area contributed by atoms with Crippen LogP contribution >= 0.6 is 0 Å². The molecule has 2 nitrogen and oxygen atoms in total. The average Bonchev–Trinajstić information content (AvgIpc) is 2.05. The lowest BCUT2D eigenvalue weighted by Crippen LogP contribution is -2.27. The second kappa shape index (κ2) is 5.30. The Bertz CT molecular complexity index is 117. The zero-order valence-electron chi connectivity index (χ0n) is 8.05. The van der Waals surface area contributed by atoms with Gasteiger partial charge in [0.2, 0.25) is 0 Å². The van der Waals surface area contributed by atoms with Gasteiger partial charge in [-0.3, -0.25) is 4.99 Å². The molecule has 0 saturated carbocycles. The van der Waals surface area contributed by atoms with Crippen LogP contribution in [0.1, 0.15) is 33.6 Å². The van der Waals surface area contributed by atoms with Gasteiger partial charge in [-0.15, -0.1) is 0 Å². The van der Waals surface area contributed by atoms with Crippen molar-refractivity contribution in [2.45, 2.75) is 39.2 Å². The largest absolute Gasteiger partial charge is 0.373 e. The summed E-state index contributed by atoms with van der Waals surface area (Å²) in [6.45, 7) is 7.17. The van der Waals surface area contributed by atoms with Crippen LogP contribution in [0.4, 0.5) is 0 Å². The molecule has 0 aliphatic carbocycles. The van der Waals surface area contributed by atoms with E-state index in [0.29, 0.717) is 0 Å². The highest BCUT2D eigenvalue weighted by Crippen LogP contribution is 2.10. The molecule has 0 aliphatic rings. The van der Waals surface area contributed by atoms with E-state index in [1.807, 2.05) is 13.1 Å². The first-order valence-corrected chi connectivity index (χ1v) is 4.24. The van der Waals surface area contributed by atoms with E-state index in [9.17, 15) is 0 Å². The van der Waals surface area contributed by atoms with Gasteiger partial charge in [-0.05, 0) is 19.8 Å². The highest BCUT2D eigenvalue weighted by molar-refractivity contribution is 5.67. The zero-order chi connectivity index (χ0) is 8.74. The third-order valence-electron chi connectivity index (χ3n) is 1.89. The summed E-state index contributed by atoms with van der Waals surface area (Å²) in [6.07, 6.45) is 3.98. The molecule has 0 N–H and O–H groups in total. The fraction of sp³-hybridized carbons (Fsp3) is 0.889. The summed E-state index contributed by atoms with van der Waals surface area (Å²) in [5.74, 6) is 0. The third-order valence-corrected chi connectivity index (χ3v) is 1.89. The lowest BCUT2D eigenvalue weighted by molar-refractivity contribution is 0.0673. The average molecular weight is 157 g/mol. The molecular weight excluding hydrogens is 138 g/mol. The summed E-state index contributed by atoms with van der Waals surface area (Å²) in [5.41, 5.74) is -0.158. The predicted octanol–water partition coefficient (Wildman–Crippen LogP) is 2.28. The molecule has 0 aliphatic heterocycles. The van der Waals surface area contributed by atoms with Crippen LogP contribution in [0.3, 0.4) is 0 Å². The van der Waals surface area contributed by atoms with Crippen molar-refractivity contribution in [3.05, 3.63) is 0 Å². The summed E-state index contributed by atoms with van der Waals surface area (Å²) < 4.78 is 5.28. The first-order valence-electron chi connectivity index (χ1n) is 4.24. The number of hydrogen-bond donors (Lipinski definition) is 0. The number of nitrogens with zero attached hydrogens (tertiary/aromatic N) is 1. The van der Waals surface area contributed by atoms with Gasteiger partial charge in [0.15, 0.2) is 0 Å². The van der Waals surface area contributed by atoms with Crippen molar-refractivity contribution in [1.82, 2.24) is 0 Å². The Kier molecular flexibility index (Phi) is 5.12. The van der Waals surface area contributed by atoms with Gasteiger partial charge < -0.3 is 4.74 Å².